The molecule has 1 amide bonds. The molecule has 1 N–H and O–H groups in total. The van der Waals surface area contributed by atoms with E-state index in [0.717, 1.165) is 11.4 Å². The Balaban J connectivity index is 1.45. The van der Waals surface area contributed by atoms with Gasteiger partial charge in [0.15, 0.2) is 11.5 Å². The summed E-state index contributed by atoms with van der Waals surface area (Å²) in [5.41, 5.74) is 0.781. The Hall–Kier alpha value is -3.27. The molecule has 0 fully saturated rings. The lowest BCUT2D eigenvalue weighted by Crippen LogP contribution is -2.29. The summed E-state index contributed by atoms with van der Waals surface area (Å²) in [6.45, 7) is 0.710. The van der Waals surface area contributed by atoms with Crippen LogP contribution in [0.4, 0.5) is 0 Å². The van der Waals surface area contributed by atoms with Crippen molar-refractivity contribution in [1.82, 2.24) is 25.5 Å². The number of hydrogen-bond acceptors (Lipinski definition) is 8. The van der Waals surface area contributed by atoms with Crippen LogP contribution in [0.3, 0.4) is 0 Å². The van der Waals surface area contributed by atoms with Crippen molar-refractivity contribution in [3.8, 4) is 22.9 Å². The van der Waals surface area contributed by atoms with E-state index in [-0.39, 0.29) is 11.7 Å². The number of para-hydroxylation sites is 2. The van der Waals surface area contributed by atoms with Crippen molar-refractivity contribution >= 4 is 17.7 Å². The summed E-state index contributed by atoms with van der Waals surface area (Å²) in [7, 11) is 3.19. The molecule has 2 aromatic carbocycles. The minimum atomic E-state index is -0.136. The number of methoxy groups -OCH3 is 2. The van der Waals surface area contributed by atoms with Crippen molar-refractivity contribution in [3.05, 3.63) is 48.5 Å². The standard InChI is InChI=1S/C19H21N5O4S/c1-26-15-9-7-14(8-10-15)24-19(21-22-23-24)29-13-18(25)20-11-12-28-17-6-4-3-5-16(17)27-2/h3-10H,11-13H2,1-2H3,(H,20,25). The van der Waals surface area contributed by atoms with Gasteiger partial charge in [0.05, 0.1) is 32.2 Å². The topological polar surface area (TPSA) is 100 Å². The van der Waals surface area contributed by atoms with Crippen LogP contribution in [0, 0.1) is 0 Å². The first-order chi connectivity index (χ1) is 14.2. The summed E-state index contributed by atoms with van der Waals surface area (Å²) in [6, 6.07) is 14.7. The van der Waals surface area contributed by atoms with Gasteiger partial charge < -0.3 is 19.5 Å². The second-order valence-corrected chi connectivity index (χ2v) is 6.65. The first-order valence-corrected chi connectivity index (χ1v) is 9.78. The lowest BCUT2D eigenvalue weighted by Gasteiger charge is -2.10. The van der Waals surface area contributed by atoms with Gasteiger partial charge in [0, 0.05) is 0 Å². The van der Waals surface area contributed by atoms with Crippen LogP contribution in [-0.4, -0.2) is 59.2 Å². The number of thioether (sulfide) groups is 1. The zero-order valence-corrected chi connectivity index (χ0v) is 16.9. The minimum Gasteiger partial charge on any atom is -0.497 e. The van der Waals surface area contributed by atoms with Gasteiger partial charge in [0.1, 0.15) is 12.4 Å². The highest BCUT2D eigenvalue weighted by Gasteiger charge is 2.12. The summed E-state index contributed by atoms with van der Waals surface area (Å²) in [6.07, 6.45) is 0. The van der Waals surface area contributed by atoms with Gasteiger partial charge in [0.2, 0.25) is 11.1 Å². The van der Waals surface area contributed by atoms with E-state index in [9.17, 15) is 4.79 Å². The SMILES string of the molecule is COc1ccc(-n2nnnc2SCC(=O)NCCOc2ccccc2OC)cc1. The van der Waals surface area contributed by atoms with Crippen molar-refractivity contribution < 1.29 is 19.0 Å². The fourth-order valence-electron chi connectivity index (χ4n) is 2.42. The van der Waals surface area contributed by atoms with Crippen LogP contribution in [0.1, 0.15) is 0 Å². The molecule has 0 atom stereocenters. The lowest BCUT2D eigenvalue weighted by molar-refractivity contribution is -0.118. The van der Waals surface area contributed by atoms with Crippen molar-refractivity contribution in [2.75, 3.05) is 33.1 Å². The van der Waals surface area contributed by atoms with Gasteiger partial charge in [-0.1, -0.05) is 23.9 Å². The molecule has 0 bridgehead atoms. The minimum absolute atomic E-state index is 0.136. The molecule has 0 saturated carbocycles. The zero-order chi connectivity index (χ0) is 20.5. The van der Waals surface area contributed by atoms with Crippen LogP contribution in [0.25, 0.3) is 5.69 Å². The third kappa shape index (κ3) is 5.61. The lowest BCUT2D eigenvalue weighted by atomic mass is 10.3. The van der Waals surface area contributed by atoms with Gasteiger partial charge in [0.25, 0.3) is 0 Å². The van der Waals surface area contributed by atoms with Crippen LogP contribution >= 0.6 is 11.8 Å². The number of tetrazole rings is 1. The van der Waals surface area contributed by atoms with Crippen molar-refractivity contribution in [3.63, 3.8) is 0 Å². The number of aromatic nitrogens is 4. The number of hydrogen-bond donors (Lipinski definition) is 1. The maximum atomic E-state index is 12.1. The number of nitrogens with one attached hydrogen (secondary N) is 1. The predicted octanol–water partition coefficient (Wildman–Crippen LogP) is 1.97. The maximum absolute atomic E-state index is 12.1. The highest BCUT2D eigenvalue weighted by molar-refractivity contribution is 7.99. The Morgan fingerprint density at radius 1 is 1.07 bits per heavy atom. The number of rotatable bonds is 10. The highest BCUT2D eigenvalue weighted by Crippen LogP contribution is 2.25. The molecule has 1 heterocycles. The van der Waals surface area contributed by atoms with Crippen LogP contribution in [0.15, 0.2) is 53.7 Å². The van der Waals surface area contributed by atoms with E-state index in [2.05, 4.69) is 20.8 Å². The molecule has 0 radical (unpaired) electrons. The predicted molar refractivity (Wildman–Crippen MR) is 108 cm³/mol. The molecule has 0 aliphatic carbocycles. The summed E-state index contributed by atoms with van der Waals surface area (Å²) in [5.74, 6) is 2.08. The van der Waals surface area contributed by atoms with E-state index in [1.807, 2.05) is 48.5 Å². The summed E-state index contributed by atoms with van der Waals surface area (Å²) >= 11 is 1.25. The van der Waals surface area contributed by atoms with Crippen molar-refractivity contribution in [2.24, 2.45) is 0 Å². The molecular weight excluding hydrogens is 394 g/mol. The number of ether oxygens (including phenoxy) is 3. The normalized spacial score (nSPS) is 10.4. The molecule has 3 rings (SSSR count). The summed E-state index contributed by atoms with van der Waals surface area (Å²) in [4.78, 5) is 12.1. The van der Waals surface area contributed by atoms with Crippen LogP contribution in [0.5, 0.6) is 17.2 Å². The largest absolute Gasteiger partial charge is 0.497 e. The molecule has 0 aliphatic heterocycles. The molecule has 1 aromatic heterocycles. The summed E-state index contributed by atoms with van der Waals surface area (Å²) in [5, 5.41) is 15.0. The van der Waals surface area contributed by atoms with Gasteiger partial charge in [-0.3, -0.25) is 4.79 Å². The second kappa shape index (κ2) is 10.3. The quantitative estimate of drug-likeness (QED) is 0.396. The Bertz CT molecular complexity index is 932. The molecule has 9 nitrogen and oxygen atoms in total. The summed E-state index contributed by atoms with van der Waals surface area (Å²) < 4.78 is 17.6. The molecule has 10 heteroatoms. The van der Waals surface area contributed by atoms with E-state index in [1.54, 1.807) is 18.9 Å². The van der Waals surface area contributed by atoms with Gasteiger partial charge in [-0.2, -0.15) is 4.68 Å². The van der Waals surface area contributed by atoms with Gasteiger partial charge >= 0.3 is 0 Å². The van der Waals surface area contributed by atoms with Gasteiger partial charge in [-0.05, 0) is 46.8 Å². The van der Waals surface area contributed by atoms with E-state index in [0.29, 0.717) is 29.8 Å². The average Bonchev–Trinajstić information content (AvgIpc) is 3.24. The molecule has 0 unspecified atom stereocenters. The Morgan fingerprint density at radius 3 is 2.55 bits per heavy atom. The molecule has 0 spiro atoms. The number of carbonyl (C=O) groups is 1. The van der Waals surface area contributed by atoms with Crippen molar-refractivity contribution in [1.29, 1.82) is 0 Å². The van der Waals surface area contributed by atoms with E-state index >= 15 is 0 Å². The van der Waals surface area contributed by atoms with Crippen molar-refractivity contribution in [2.45, 2.75) is 5.16 Å². The number of amides is 1. The Labute approximate surface area is 172 Å². The molecule has 0 aliphatic rings. The van der Waals surface area contributed by atoms with Crippen LogP contribution in [-0.2, 0) is 4.79 Å². The molecule has 3 aromatic rings. The number of carbonyl (C=O) groups excluding carboxylic acids is 1. The first kappa shape index (κ1) is 20.5. The van der Waals surface area contributed by atoms with E-state index in [1.165, 1.54) is 11.8 Å². The fraction of sp³-hybridized carbons (Fsp3) is 0.263. The third-order valence-corrected chi connectivity index (χ3v) is 4.76. The monoisotopic (exact) mass is 415 g/mol. The molecule has 152 valence electrons. The third-order valence-electron chi connectivity index (χ3n) is 3.84. The Morgan fingerprint density at radius 2 is 1.83 bits per heavy atom. The van der Waals surface area contributed by atoms with Crippen LogP contribution in [0.2, 0.25) is 0 Å². The first-order valence-electron chi connectivity index (χ1n) is 8.79. The highest BCUT2D eigenvalue weighted by atomic mass is 32.2. The Kier molecular flexibility index (Phi) is 7.28. The smallest absolute Gasteiger partial charge is 0.230 e. The van der Waals surface area contributed by atoms with E-state index in [4.69, 9.17) is 14.2 Å². The van der Waals surface area contributed by atoms with E-state index < -0.39 is 0 Å². The number of benzene rings is 2. The van der Waals surface area contributed by atoms with Crippen LogP contribution < -0.4 is 19.5 Å². The van der Waals surface area contributed by atoms with Gasteiger partial charge in [-0.25, -0.2) is 0 Å². The molecule has 29 heavy (non-hydrogen) atoms. The van der Waals surface area contributed by atoms with Gasteiger partial charge in [-0.15, -0.1) is 5.10 Å². The number of nitrogens with zero attached hydrogens (tertiary/aromatic N) is 4. The molecule has 0 saturated heterocycles. The molecular formula is C19H21N5O4S. The second-order valence-electron chi connectivity index (χ2n) is 5.71. The zero-order valence-electron chi connectivity index (χ0n) is 16.1. The fourth-order valence-corrected chi connectivity index (χ4v) is 3.15. The average molecular weight is 415 g/mol. The maximum Gasteiger partial charge on any atom is 0.230 e.